The third-order valence-electron chi connectivity index (χ3n) is 7.62. The molecule has 2 aromatic heterocycles. The van der Waals surface area contributed by atoms with E-state index in [1.807, 2.05) is 20.8 Å². The Morgan fingerprint density at radius 3 is 2.55 bits per heavy atom. The van der Waals surface area contributed by atoms with E-state index < -0.39 is 41.6 Å². The van der Waals surface area contributed by atoms with E-state index in [9.17, 15) is 27.9 Å². The van der Waals surface area contributed by atoms with E-state index in [4.69, 9.17) is 0 Å². The molecule has 14 heteroatoms. The van der Waals surface area contributed by atoms with Crippen LogP contribution in [0.1, 0.15) is 75.8 Å². The second kappa shape index (κ2) is 9.62. The van der Waals surface area contributed by atoms with E-state index in [1.165, 1.54) is 4.90 Å². The fourth-order valence-corrected chi connectivity index (χ4v) is 5.41. The van der Waals surface area contributed by atoms with Crippen LogP contribution in [-0.4, -0.2) is 76.4 Å². The first-order chi connectivity index (χ1) is 17.8. The summed E-state index contributed by atoms with van der Waals surface area (Å²) in [5.41, 5.74) is 0.302. The van der Waals surface area contributed by atoms with Crippen LogP contribution in [0.5, 0.6) is 0 Å². The summed E-state index contributed by atoms with van der Waals surface area (Å²) < 4.78 is 42.5. The number of fused-ring (bicyclic) bond motifs is 1. The van der Waals surface area contributed by atoms with E-state index in [0.717, 1.165) is 18.5 Å². The molecule has 0 radical (unpaired) electrons. The third-order valence-corrected chi connectivity index (χ3v) is 7.62. The van der Waals surface area contributed by atoms with Crippen LogP contribution >= 0.6 is 0 Å². The number of alkyl halides is 3. The van der Waals surface area contributed by atoms with Gasteiger partial charge in [-0.3, -0.25) is 9.59 Å². The Bertz CT molecular complexity index is 1200. The highest BCUT2D eigenvalue weighted by Gasteiger charge is 2.46. The number of aliphatic hydroxyl groups excluding tert-OH is 1. The quantitative estimate of drug-likeness (QED) is 0.573. The highest BCUT2D eigenvalue weighted by atomic mass is 19.4. The maximum Gasteiger partial charge on any atom is 0.392 e. The number of carbonyl (C=O) groups excluding carboxylic acids is 2. The third kappa shape index (κ3) is 5.27. The van der Waals surface area contributed by atoms with Crippen molar-refractivity contribution in [3.8, 4) is 0 Å². The minimum atomic E-state index is -4.29. The van der Waals surface area contributed by atoms with E-state index in [-0.39, 0.29) is 50.6 Å². The molecule has 11 nitrogen and oxygen atoms in total. The summed E-state index contributed by atoms with van der Waals surface area (Å²) in [7, 11) is 0. The molecule has 4 heterocycles. The van der Waals surface area contributed by atoms with Crippen LogP contribution in [0.15, 0.2) is 6.20 Å². The lowest BCUT2D eigenvalue weighted by molar-refractivity contribution is -0.179. The Hall–Kier alpha value is -3.03. The molecule has 38 heavy (non-hydrogen) atoms. The Morgan fingerprint density at radius 2 is 1.89 bits per heavy atom. The first-order valence-electron chi connectivity index (χ1n) is 13.0. The van der Waals surface area contributed by atoms with Gasteiger partial charge in [0.15, 0.2) is 5.82 Å². The number of aliphatic hydroxyl groups is 1. The molecular weight excluding hydrogens is 505 g/mol. The number of carbonyl (C=O) groups is 2. The van der Waals surface area contributed by atoms with Crippen LogP contribution in [0.2, 0.25) is 0 Å². The first kappa shape index (κ1) is 26.6. The normalized spacial score (nSPS) is 24.8. The Morgan fingerprint density at radius 1 is 1.16 bits per heavy atom. The second-order valence-electron chi connectivity index (χ2n) is 11.7. The average molecular weight is 539 g/mol. The molecule has 1 aliphatic carbocycles. The van der Waals surface area contributed by atoms with Gasteiger partial charge in [0.1, 0.15) is 17.9 Å². The van der Waals surface area contributed by atoms with Gasteiger partial charge in [0.25, 0.3) is 0 Å². The minimum Gasteiger partial charge on any atom is -0.391 e. The van der Waals surface area contributed by atoms with E-state index in [0.29, 0.717) is 11.7 Å². The van der Waals surface area contributed by atoms with Crippen molar-refractivity contribution in [2.75, 3.05) is 6.54 Å². The number of aromatic nitrogens is 6. The van der Waals surface area contributed by atoms with Crippen LogP contribution in [0.25, 0.3) is 0 Å². The van der Waals surface area contributed by atoms with Crippen molar-refractivity contribution in [3.05, 3.63) is 23.5 Å². The van der Waals surface area contributed by atoms with Crippen LogP contribution < -0.4 is 5.32 Å². The Balaban J connectivity index is 1.28. The number of amides is 2. The minimum absolute atomic E-state index is 0.00679. The highest BCUT2D eigenvalue weighted by molar-refractivity contribution is 5.90. The lowest BCUT2D eigenvalue weighted by Gasteiger charge is -2.34. The van der Waals surface area contributed by atoms with Crippen molar-refractivity contribution in [1.29, 1.82) is 0 Å². The molecule has 2 aromatic rings. The standard InChI is InChI=1S/C24H33F3N8O3/c1-23(2,3)20(35-12-16(29-32-35)13-4-5-13)22(38)34-11-15(36)9-17(34)21(37)28-10-19-31-30-18-8-14(24(25,26)27)6-7-33(18)19/h12-15,17,20,36H,4-11H2,1-3H3,(H,28,37)/t14?,15-,17+,20-/m1/s1. The van der Waals surface area contributed by atoms with Crippen LogP contribution in [-0.2, 0) is 29.1 Å². The van der Waals surface area contributed by atoms with Crippen molar-refractivity contribution in [3.63, 3.8) is 0 Å². The zero-order valence-electron chi connectivity index (χ0n) is 21.6. The molecule has 1 saturated heterocycles. The number of likely N-dealkylation sites (tertiary alicyclic amines) is 1. The van der Waals surface area contributed by atoms with Gasteiger partial charge in [-0.05, 0) is 24.7 Å². The average Bonchev–Trinajstić information content (AvgIpc) is 3.23. The molecule has 2 N–H and O–H groups in total. The smallest absolute Gasteiger partial charge is 0.391 e. The van der Waals surface area contributed by atoms with Gasteiger partial charge < -0.3 is 19.9 Å². The largest absolute Gasteiger partial charge is 0.392 e. The van der Waals surface area contributed by atoms with Crippen LogP contribution in [0.3, 0.4) is 0 Å². The molecule has 208 valence electrons. The zero-order chi connectivity index (χ0) is 27.4. The summed E-state index contributed by atoms with van der Waals surface area (Å²) in [4.78, 5) is 28.4. The van der Waals surface area contributed by atoms with Gasteiger partial charge in [-0.25, -0.2) is 4.68 Å². The van der Waals surface area contributed by atoms with E-state index in [2.05, 4.69) is 25.8 Å². The molecule has 0 bridgehead atoms. The van der Waals surface area contributed by atoms with Crippen molar-refractivity contribution in [1.82, 2.24) is 40.0 Å². The summed E-state index contributed by atoms with van der Waals surface area (Å²) in [5.74, 6) is -1.30. The highest BCUT2D eigenvalue weighted by Crippen LogP contribution is 2.40. The fraction of sp³-hybridized carbons (Fsp3) is 0.750. The first-order valence-corrected chi connectivity index (χ1v) is 13.0. The SMILES string of the molecule is CC(C)(C)[C@@H](C(=O)N1C[C@H](O)C[C@H]1C(=O)NCc1nnc2n1CCC(C(F)(F)F)C2)n1cc(C2CC2)nn1. The van der Waals surface area contributed by atoms with Crippen molar-refractivity contribution < 1.29 is 27.9 Å². The Labute approximate surface area is 217 Å². The number of hydrogen-bond acceptors (Lipinski definition) is 7. The second-order valence-corrected chi connectivity index (χ2v) is 11.7. The lowest BCUT2D eigenvalue weighted by atomic mass is 9.85. The zero-order valence-corrected chi connectivity index (χ0v) is 21.6. The number of hydrogen-bond donors (Lipinski definition) is 2. The molecule has 4 atom stereocenters. The summed E-state index contributed by atoms with van der Waals surface area (Å²) in [5, 5.41) is 29.5. The molecule has 5 rings (SSSR count). The maximum absolute atomic E-state index is 13.8. The molecule has 1 saturated carbocycles. The summed E-state index contributed by atoms with van der Waals surface area (Å²) in [6.07, 6.45) is -1.52. The van der Waals surface area contributed by atoms with E-state index in [1.54, 1.807) is 15.4 Å². The van der Waals surface area contributed by atoms with Gasteiger partial charge in [0, 0.05) is 38.0 Å². The van der Waals surface area contributed by atoms with Crippen LogP contribution in [0, 0.1) is 11.3 Å². The number of rotatable bonds is 6. The molecule has 2 aliphatic heterocycles. The molecular formula is C24H33F3N8O3. The summed E-state index contributed by atoms with van der Waals surface area (Å²) >= 11 is 0. The van der Waals surface area contributed by atoms with Crippen molar-refractivity contribution in [2.45, 2.75) is 96.2 Å². The van der Waals surface area contributed by atoms with Gasteiger partial charge >= 0.3 is 6.18 Å². The number of nitrogens with zero attached hydrogens (tertiary/aromatic N) is 7. The van der Waals surface area contributed by atoms with Gasteiger partial charge in [-0.1, -0.05) is 26.0 Å². The topological polar surface area (TPSA) is 131 Å². The summed E-state index contributed by atoms with van der Waals surface area (Å²) in [6, 6.07) is -1.64. The molecule has 2 amide bonds. The predicted octanol–water partition coefficient (Wildman–Crippen LogP) is 1.74. The molecule has 0 aromatic carbocycles. The van der Waals surface area contributed by atoms with Gasteiger partial charge in [-0.15, -0.1) is 15.3 Å². The monoisotopic (exact) mass is 538 g/mol. The lowest BCUT2D eigenvalue weighted by Crippen LogP contribution is -2.50. The number of halogens is 3. The molecule has 2 fully saturated rings. The van der Waals surface area contributed by atoms with Gasteiger partial charge in [0.2, 0.25) is 11.8 Å². The fourth-order valence-electron chi connectivity index (χ4n) is 5.41. The van der Waals surface area contributed by atoms with Crippen molar-refractivity contribution in [2.24, 2.45) is 11.3 Å². The molecule has 1 unspecified atom stereocenters. The Kier molecular flexibility index (Phi) is 6.72. The van der Waals surface area contributed by atoms with E-state index >= 15 is 0 Å². The summed E-state index contributed by atoms with van der Waals surface area (Å²) in [6.45, 7) is 5.80. The molecule has 0 spiro atoms. The maximum atomic E-state index is 13.8. The van der Waals surface area contributed by atoms with Crippen molar-refractivity contribution >= 4 is 11.8 Å². The predicted molar refractivity (Wildman–Crippen MR) is 126 cm³/mol. The number of β-amino-alcohol motifs (C(OH)–C–C–N with tert-alkyl or cyclic N) is 1. The van der Waals surface area contributed by atoms with Gasteiger partial charge in [-0.2, -0.15) is 13.2 Å². The molecule has 3 aliphatic rings. The number of nitrogens with one attached hydrogen (secondary N) is 1. The van der Waals surface area contributed by atoms with Gasteiger partial charge in [0.05, 0.1) is 24.3 Å². The van der Waals surface area contributed by atoms with Crippen LogP contribution in [0.4, 0.5) is 13.2 Å².